The first kappa shape index (κ1) is 12.9. The summed E-state index contributed by atoms with van der Waals surface area (Å²) in [5, 5.41) is 13.2. The number of thioether (sulfide) groups is 1. The summed E-state index contributed by atoms with van der Waals surface area (Å²) in [6.45, 7) is 0. The number of nitrogens with one attached hydrogen (secondary N) is 1. The summed E-state index contributed by atoms with van der Waals surface area (Å²) >= 11 is 1.07. The summed E-state index contributed by atoms with van der Waals surface area (Å²) < 4.78 is 0. The molecule has 0 unspecified atom stereocenters. The number of rotatable bonds is 3. The first-order valence-electron chi connectivity index (χ1n) is 5.37. The Balaban J connectivity index is 2.09. The number of nitrogen functional groups attached to an aromatic ring is 1. The van der Waals surface area contributed by atoms with Crippen molar-refractivity contribution in [2.45, 2.75) is 4.90 Å². The molecule has 0 fully saturated rings. The highest BCUT2D eigenvalue weighted by atomic mass is 32.2. The molecule has 0 aliphatic carbocycles. The molecule has 5 nitrogen and oxygen atoms in total. The number of carbonyl (C=O) groups is 1. The predicted molar refractivity (Wildman–Crippen MR) is 74.5 cm³/mol. The number of thiocyanates is 1. The molecule has 19 heavy (non-hydrogen) atoms. The number of hydrogen-bond acceptors (Lipinski definition) is 5. The fourth-order valence-electron chi connectivity index (χ4n) is 1.44. The zero-order valence-electron chi connectivity index (χ0n) is 9.83. The smallest absolute Gasteiger partial charge is 0.257 e. The molecule has 1 amide bonds. The van der Waals surface area contributed by atoms with E-state index in [9.17, 15) is 4.79 Å². The molecule has 0 aliphatic heterocycles. The van der Waals surface area contributed by atoms with Crippen LogP contribution in [0.3, 0.4) is 0 Å². The van der Waals surface area contributed by atoms with Crippen molar-refractivity contribution in [3.05, 3.63) is 48.3 Å². The lowest BCUT2D eigenvalue weighted by molar-refractivity contribution is 0.102. The molecule has 1 aromatic carbocycles. The fraction of sp³-hybridized carbons (Fsp3) is 0. The van der Waals surface area contributed by atoms with Gasteiger partial charge in [0.1, 0.15) is 5.40 Å². The topological polar surface area (TPSA) is 91.8 Å². The van der Waals surface area contributed by atoms with Crippen LogP contribution in [0.15, 0.2) is 47.6 Å². The Bertz CT molecular complexity index is 634. The molecule has 6 heteroatoms. The summed E-state index contributed by atoms with van der Waals surface area (Å²) in [5.41, 5.74) is 7.05. The van der Waals surface area contributed by atoms with Gasteiger partial charge in [0.05, 0.1) is 11.3 Å². The third kappa shape index (κ3) is 3.47. The van der Waals surface area contributed by atoms with Gasteiger partial charge < -0.3 is 11.1 Å². The summed E-state index contributed by atoms with van der Waals surface area (Å²) in [6, 6.07) is 8.55. The second-order valence-corrected chi connectivity index (χ2v) is 4.54. The molecule has 0 atom stereocenters. The lowest BCUT2D eigenvalue weighted by atomic mass is 10.2. The Morgan fingerprint density at radius 3 is 2.68 bits per heavy atom. The maximum atomic E-state index is 11.9. The molecular weight excluding hydrogens is 260 g/mol. The Labute approximate surface area is 114 Å². The highest BCUT2D eigenvalue weighted by molar-refractivity contribution is 8.03. The van der Waals surface area contributed by atoms with E-state index < -0.39 is 0 Å². The molecule has 0 saturated carbocycles. The van der Waals surface area contributed by atoms with Gasteiger partial charge in [0.15, 0.2) is 0 Å². The van der Waals surface area contributed by atoms with Crippen LogP contribution in [0.1, 0.15) is 10.4 Å². The van der Waals surface area contributed by atoms with Crippen LogP contribution >= 0.6 is 11.8 Å². The molecule has 3 N–H and O–H groups in total. The van der Waals surface area contributed by atoms with Gasteiger partial charge in [-0.15, -0.1) is 0 Å². The van der Waals surface area contributed by atoms with Gasteiger partial charge in [0, 0.05) is 23.0 Å². The lowest BCUT2D eigenvalue weighted by Crippen LogP contribution is -2.12. The van der Waals surface area contributed by atoms with Crippen molar-refractivity contribution >= 4 is 29.0 Å². The van der Waals surface area contributed by atoms with Crippen molar-refractivity contribution in [3.63, 3.8) is 0 Å². The van der Waals surface area contributed by atoms with Crippen LogP contribution in [0.2, 0.25) is 0 Å². The summed E-state index contributed by atoms with van der Waals surface area (Å²) in [4.78, 5) is 16.6. The van der Waals surface area contributed by atoms with Crippen molar-refractivity contribution in [2.75, 3.05) is 11.1 Å². The van der Waals surface area contributed by atoms with Crippen LogP contribution in [-0.4, -0.2) is 10.9 Å². The fourth-order valence-corrected chi connectivity index (χ4v) is 1.82. The zero-order chi connectivity index (χ0) is 13.7. The van der Waals surface area contributed by atoms with E-state index in [0.29, 0.717) is 16.9 Å². The zero-order valence-corrected chi connectivity index (χ0v) is 10.6. The molecule has 0 saturated heterocycles. The molecule has 94 valence electrons. The highest BCUT2D eigenvalue weighted by Gasteiger charge is 2.06. The number of amides is 1. The highest BCUT2D eigenvalue weighted by Crippen LogP contribution is 2.19. The van der Waals surface area contributed by atoms with Gasteiger partial charge in [-0.2, -0.15) is 5.26 Å². The van der Waals surface area contributed by atoms with Crippen molar-refractivity contribution < 1.29 is 4.79 Å². The minimum absolute atomic E-state index is 0.277. The van der Waals surface area contributed by atoms with Crippen LogP contribution in [0.4, 0.5) is 11.4 Å². The summed E-state index contributed by atoms with van der Waals surface area (Å²) in [7, 11) is 0. The standard InChI is InChI=1S/C13H10N4OS/c14-8-19-12-3-1-11(2-4-12)17-13(18)9-5-10(15)7-16-6-9/h1-7H,15H2,(H,17,18). The van der Waals surface area contributed by atoms with Crippen LogP contribution < -0.4 is 11.1 Å². The Kier molecular flexibility index (Phi) is 4.00. The largest absolute Gasteiger partial charge is 0.397 e. The van der Waals surface area contributed by atoms with E-state index >= 15 is 0 Å². The van der Waals surface area contributed by atoms with E-state index in [1.54, 1.807) is 30.3 Å². The molecular formula is C13H10N4OS. The number of nitrogens with two attached hydrogens (primary N) is 1. The van der Waals surface area contributed by atoms with Crippen molar-refractivity contribution in [3.8, 4) is 5.40 Å². The van der Waals surface area contributed by atoms with E-state index in [2.05, 4.69) is 10.3 Å². The minimum Gasteiger partial charge on any atom is -0.397 e. The first-order valence-corrected chi connectivity index (χ1v) is 6.18. The minimum atomic E-state index is -0.277. The number of nitriles is 1. The van der Waals surface area contributed by atoms with Gasteiger partial charge in [-0.3, -0.25) is 9.78 Å². The summed E-state index contributed by atoms with van der Waals surface area (Å²) in [5.74, 6) is -0.277. The second kappa shape index (κ2) is 5.89. The Hall–Kier alpha value is -2.52. The maximum Gasteiger partial charge on any atom is 0.257 e. The van der Waals surface area contributed by atoms with E-state index in [1.807, 2.05) is 5.40 Å². The van der Waals surface area contributed by atoms with Gasteiger partial charge in [-0.1, -0.05) is 0 Å². The van der Waals surface area contributed by atoms with Crippen molar-refractivity contribution in [1.29, 1.82) is 5.26 Å². The van der Waals surface area contributed by atoms with Gasteiger partial charge >= 0.3 is 0 Å². The average Bonchev–Trinajstić information content (AvgIpc) is 2.41. The second-order valence-electron chi connectivity index (χ2n) is 3.68. The lowest BCUT2D eigenvalue weighted by Gasteiger charge is -2.05. The summed E-state index contributed by atoms with van der Waals surface area (Å²) in [6.07, 6.45) is 2.93. The average molecular weight is 270 g/mol. The van der Waals surface area contributed by atoms with Crippen molar-refractivity contribution in [2.24, 2.45) is 0 Å². The van der Waals surface area contributed by atoms with Crippen LogP contribution in [0.5, 0.6) is 0 Å². The number of anilines is 2. The number of nitrogens with zero attached hydrogens (tertiary/aromatic N) is 2. The van der Waals surface area contributed by atoms with Crippen LogP contribution in [-0.2, 0) is 0 Å². The Morgan fingerprint density at radius 2 is 2.05 bits per heavy atom. The molecule has 0 bridgehead atoms. The number of carbonyl (C=O) groups excluding carboxylic acids is 1. The number of pyridine rings is 1. The third-order valence-corrected chi connectivity index (χ3v) is 2.90. The SMILES string of the molecule is N#CSc1ccc(NC(=O)c2cncc(N)c2)cc1. The van der Waals surface area contributed by atoms with E-state index in [4.69, 9.17) is 11.0 Å². The molecule has 1 aromatic heterocycles. The molecule has 2 rings (SSSR count). The third-order valence-electron chi connectivity index (χ3n) is 2.30. The number of benzene rings is 1. The van der Waals surface area contributed by atoms with Gasteiger partial charge in [0.25, 0.3) is 5.91 Å². The molecule has 2 aromatic rings. The van der Waals surface area contributed by atoms with E-state index in [0.717, 1.165) is 16.7 Å². The molecule has 0 aliphatic rings. The monoisotopic (exact) mass is 270 g/mol. The normalized spacial score (nSPS) is 9.63. The van der Waals surface area contributed by atoms with Gasteiger partial charge in [-0.05, 0) is 42.1 Å². The van der Waals surface area contributed by atoms with E-state index in [1.165, 1.54) is 12.4 Å². The molecule has 0 spiro atoms. The predicted octanol–water partition coefficient (Wildman–Crippen LogP) is 2.49. The van der Waals surface area contributed by atoms with E-state index in [-0.39, 0.29) is 5.91 Å². The Morgan fingerprint density at radius 1 is 1.32 bits per heavy atom. The number of hydrogen-bond donors (Lipinski definition) is 2. The quantitative estimate of drug-likeness (QED) is 0.660. The first-order chi connectivity index (χ1) is 9.19. The van der Waals surface area contributed by atoms with Gasteiger partial charge in [-0.25, -0.2) is 0 Å². The van der Waals surface area contributed by atoms with Gasteiger partial charge in [0.2, 0.25) is 0 Å². The molecule has 0 radical (unpaired) electrons. The maximum absolute atomic E-state index is 11.9. The van der Waals surface area contributed by atoms with Crippen LogP contribution in [0.25, 0.3) is 0 Å². The molecule has 1 heterocycles. The number of aromatic nitrogens is 1. The van der Waals surface area contributed by atoms with Crippen molar-refractivity contribution in [1.82, 2.24) is 4.98 Å². The van der Waals surface area contributed by atoms with Crippen LogP contribution in [0, 0.1) is 10.7 Å².